The van der Waals surface area contributed by atoms with E-state index in [9.17, 15) is 0 Å². The lowest BCUT2D eigenvalue weighted by atomic mass is 10.2. The van der Waals surface area contributed by atoms with Crippen molar-refractivity contribution in [2.45, 2.75) is 13.5 Å². The summed E-state index contributed by atoms with van der Waals surface area (Å²) in [6, 6.07) is 11.9. The van der Waals surface area contributed by atoms with E-state index in [0.717, 1.165) is 28.5 Å². The van der Waals surface area contributed by atoms with E-state index >= 15 is 0 Å². The summed E-state index contributed by atoms with van der Waals surface area (Å²) < 4.78 is 5.24. The largest absolute Gasteiger partial charge is 0.497 e. The summed E-state index contributed by atoms with van der Waals surface area (Å²) in [4.78, 5) is 6.60. The predicted molar refractivity (Wildman–Crippen MR) is 77.9 cm³/mol. The minimum atomic E-state index is 0.516. The smallest absolute Gasteiger partial charge is 0.132 e. The molecule has 19 heavy (non-hydrogen) atoms. The lowest BCUT2D eigenvalue weighted by molar-refractivity contribution is 0.415. The van der Waals surface area contributed by atoms with Crippen molar-refractivity contribution in [3.05, 3.63) is 47.7 Å². The van der Waals surface area contributed by atoms with Crippen LogP contribution in [-0.4, -0.2) is 19.1 Å². The van der Waals surface area contributed by atoms with E-state index in [1.807, 2.05) is 55.3 Å². The normalized spacial score (nSPS) is 10.3. The van der Waals surface area contributed by atoms with E-state index in [2.05, 4.69) is 4.98 Å². The molecule has 0 atom stereocenters. The standard InChI is InChI=1S/C15H19N3O/c1-11-12(10-16)7-8-15(17-11)18(2)13-5-4-6-14(9-13)19-3/h4-9H,10,16H2,1-3H3. The molecule has 100 valence electrons. The Hall–Kier alpha value is -2.07. The number of pyridine rings is 1. The van der Waals surface area contributed by atoms with Crippen LogP contribution in [0, 0.1) is 6.92 Å². The molecular formula is C15H19N3O. The van der Waals surface area contributed by atoms with Crippen molar-refractivity contribution in [1.29, 1.82) is 0 Å². The first-order chi connectivity index (χ1) is 9.15. The van der Waals surface area contributed by atoms with Gasteiger partial charge in [-0.1, -0.05) is 12.1 Å². The molecular weight excluding hydrogens is 238 g/mol. The quantitative estimate of drug-likeness (QED) is 0.914. The highest BCUT2D eigenvalue weighted by Gasteiger charge is 2.08. The van der Waals surface area contributed by atoms with Gasteiger partial charge in [-0.3, -0.25) is 0 Å². The molecule has 0 aliphatic rings. The van der Waals surface area contributed by atoms with Crippen molar-refractivity contribution < 1.29 is 4.74 Å². The van der Waals surface area contributed by atoms with Crippen molar-refractivity contribution in [2.24, 2.45) is 5.73 Å². The van der Waals surface area contributed by atoms with Gasteiger partial charge >= 0.3 is 0 Å². The second-order valence-corrected chi connectivity index (χ2v) is 4.38. The fourth-order valence-electron chi connectivity index (χ4n) is 1.93. The Balaban J connectivity index is 2.32. The predicted octanol–water partition coefficient (Wildman–Crippen LogP) is 2.63. The molecule has 0 aliphatic heterocycles. The summed E-state index contributed by atoms with van der Waals surface area (Å²) in [6.07, 6.45) is 0. The monoisotopic (exact) mass is 257 g/mol. The summed E-state index contributed by atoms with van der Waals surface area (Å²) in [7, 11) is 3.65. The Kier molecular flexibility index (Phi) is 4.02. The maximum atomic E-state index is 5.66. The van der Waals surface area contributed by atoms with Crippen LogP contribution in [0.2, 0.25) is 0 Å². The number of methoxy groups -OCH3 is 1. The first-order valence-electron chi connectivity index (χ1n) is 6.20. The van der Waals surface area contributed by atoms with Gasteiger partial charge in [0.05, 0.1) is 7.11 Å². The average Bonchev–Trinajstić information content (AvgIpc) is 2.46. The molecule has 1 aromatic heterocycles. The topological polar surface area (TPSA) is 51.4 Å². The fourth-order valence-corrected chi connectivity index (χ4v) is 1.93. The SMILES string of the molecule is COc1cccc(N(C)c2ccc(CN)c(C)n2)c1. The first kappa shape index (κ1) is 13.4. The molecule has 0 saturated heterocycles. The Morgan fingerprint density at radius 1 is 1.26 bits per heavy atom. The first-order valence-corrected chi connectivity index (χ1v) is 6.20. The lowest BCUT2D eigenvalue weighted by Crippen LogP contribution is -2.12. The van der Waals surface area contributed by atoms with Crippen LogP contribution in [0.15, 0.2) is 36.4 Å². The number of ether oxygens (including phenoxy) is 1. The molecule has 0 unspecified atom stereocenters. The number of aryl methyl sites for hydroxylation is 1. The van der Waals surface area contributed by atoms with Crippen LogP contribution < -0.4 is 15.4 Å². The summed E-state index contributed by atoms with van der Waals surface area (Å²) in [6.45, 7) is 2.49. The van der Waals surface area contributed by atoms with Crippen LogP contribution >= 0.6 is 0 Å². The van der Waals surface area contributed by atoms with Crippen molar-refractivity contribution in [3.63, 3.8) is 0 Å². The van der Waals surface area contributed by atoms with E-state index in [0.29, 0.717) is 6.54 Å². The molecule has 2 aromatic rings. The molecule has 4 heteroatoms. The van der Waals surface area contributed by atoms with Gasteiger partial charge in [0, 0.05) is 31.0 Å². The number of hydrogen-bond acceptors (Lipinski definition) is 4. The van der Waals surface area contributed by atoms with Crippen LogP contribution in [0.4, 0.5) is 11.5 Å². The van der Waals surface area contributed by atoms with Gasteiger partial charge in [-0.25, -0.2) is 4.98 Å². The van der Waals surface area contributed by atoms with E-state index in [4.69, 9.17) is 10.5 Å². The van der Waals surface area contributed by atoms with Crippen molar-refractivity contribution >= 4 is 11.5 Å². The molecule has 0 amide bonds. The van der Waals surface area contributed by atoms with Gasteiger partial charge < -0.3 is 15.4 Å². The zero-order valence-electron chi connectivity index (χ0n) is 11.6. The minimum Gasteiger partial charge on any atom is -0.497 e. The van der Waals surface area contributed by atoms with Gasteiger partial charge in [-0.2, -0.15) is 0 Å². The summed E-state index contributed by atoms with van der Waals surface area (Å²) in [5.41, 5.74) is 8.73. The maximum absolute atomic E-state index is 5.66. The van der Waals surface area contributed by atoms with Crippen molar-refractivity contribution in [2.75, 3.05) is 19.1 Å². The van der Waals surface area contributed by atoms with E-state index in [1.54, 1.807) is 7.11 Å². The van der Waals surface area contributed by atoms with Crippen LogP contribution in [0.25, 0.3) is 0 Å². The minimum absolute atomic E-state index is 0.516. The van der Waals surface area contributed by atoms with Crippen LogP contribution in [-0.2, 0) is 6.54 Å². The molecule has 0 saturated carbocycles. The molecule has 4 nitrogen and oxygen atoms in total. The molecule has 2 rings (SSSR count). The zero-order valence-corrected chi connectivity index (χ0v) is 11.6. The third-order valence-corrected chi connectivity index (χ3v) is 3.18. The van der Waals surface area contributed by atoms with Gasteiger partial charge in [0.2, 0.25) is 0 Å². The Bertz CT molecular complexity index is 569. The Morgan fingerprint density at radius 2 is 2.05 bits per heavy atom. The number of aromatic nitrogens is 1. The van der Waals surface area contributed by atoms with Gasteiger partial charge in [0.25, 0.3) is 0 Å². The second kappa shape index (κ2) is 5.71. The third kappa shape index (κ3) is 2.85. The number of anilines is 2. The van der Waals surface area contributed by atoms with E-state index in [-0.39, 0.29) is 0 Å². The molecule has 0 radical (unpaired) electrons. The third-order valence-electron chi connectivity index (χ3n) is 3.18. The van der Waals surface area contributed by atoms with E-state index < -0.39 is 0 Å². The van der Waals surface area contributed by atoms with Crippen LogP contribution in [0.3, 0.4) is 0 Å². The highest BCUT2D eigenvalue weighted by atomic mass is 16.5. The van der Waals surface area contributed by atoms with Gasteiger partial charge in [0.15, 0.2) is 0 Å². The molecule has 0 aliphatic carbocycles. The lowest BCUT2D eigenvalue weighted by Gasteiger charge is -2.20. The van der Waals surface area contributed by atoms with Crippen molar-refractivity contribution in [3.8, 4) is 5.75 Å². The Morgan fingerprint density at radius 3 is 2.68 bits per heavy atom. The number of hydrogen-bond donors (Lipinski definition) is 1. The van der Waals surface area contributed by atoms with Gasteiger partial charge in [-0.05, 0) is 30.7 Å². The van der Waals surface area contributed by atoms with E-state index in [1.165, 1.54) is 0 Å². The number of rotatable bonds is 4. The molecule has 1 aromatic carbocycles. The molecule has 0 bridgehead atoms. The van der Waals surface area contributed by atoms with Gasteiger partial charge in [0.1, 0.15) is 11.6 Å². The molecule has 1 heterocycles. The summed E-state index contributed by atoms with van der Waals surface area (Å²) in [5, 5.41) is 0. The summed E-state index contributed by atoms with van der Waals surface area (Å²) in [5.74, 6) is 1.72. The number of benzene rings is 1. The molecule has 2 N–H and O–H groups in total. The fraction of sp³-hybridized carbons (Fsp3) is 0.267. The summed E-state index contributed by atoms with van der Waals surface area (Å²) >= 11 is 0. The van der Waals surface area contributed by atoms with Gasteiger partial charge in [-0.15, -0.1) is 0 Å². The highest BCUT2D eigenvalue weighted by Crippen LogP contribution is 2.26. The zero-order chi connectivity index (χ0) is 13.8. The molecule has 0 spiro atoms. The average molecular weight is 257 g/mol. The number of nitrogens with zero attached hydrogens (tertiary/aromatic N) is 2. The maximum Gasteiger partial charge on any atom is 0.132 e. The van der Waals surface area contributed by atoms with Crippen LogP contribution in [0.5, 0.6) is 5.75 Å². The number of nitrogens with two attached hydrogens (primary N) is 1. The highest BCUT2D eigenvalue weighted by molar-refractivity contribution is 5.61. The Labute approximate surface area is 113 Å². The molecule has 0 fully saturated rings. The van der Waals surface area contributed by atoms with Crippen molar-refractivity contribution in [1.82, 2.24) is 4.98 Å². The van der Waals surface area contributed by atoms with Crippen LogP contribution in [0.1, 0.15) is 11.3 Å². The second-order valence-electron chi connectivity index (χ2n) is 4.38.